The van der Waals surface area contributed by atoms with Gasteiger partial charge >= 0.3 is 0 Å². The van der Waals surface area contributed by atoms with Gasteiger partial charge in [0.05, 0.1) is 20.0 Å². The summed E-state index contributed by atoms with van der Waals surface area (Å²) in [5.41, 5.74) is 1.01. The Morgan fingerprint density at radius 2 is 1.93 bits per heavy atom. The second kappa shape index (κ2) is 8.47. The largest absolute Gasteiger partial charge is 0.315 e. The summed E-state index contributed by atoms with van der Waals surface area (Å²) >= 11 is 2.84. The number of aryl methyl sites for hydroxylation is 1. The number of nitro groups is 1. The number of carbonyl (C=O) groups is 1. The predicted octanol–water partition coefficient (Wildman–Crippen LogP) is 3.12. The standard InChI is InChI=1S/C18H17N3O5S3/c1-27-10-9-20-15-8-5-13(21(23)24)11-16(15)28-18(20)19-17(22)12-3-6-14(7-4-12)29(2,25)26/h3-8,11H,9-10H2,1-2H3. The van der Waals surface area contributed by atoms with E-state index in [4.69, 9.17) is 0 Å². The van der Waals surface area contributed by atoms with Gasteiger partial charge in [0, 0.05) is 36.2 Å². The molecule has 0 radical (unpaired) electrons. The number of benzene rings is 2. The molecule has 0 spiro atoms. The third-order valence-electron chi connectivity index (χ3n) is 4.12. The zero-order valence-corrected chi connectivity index (χ0v) is 18.0. The molecule has 3 aromatic rings. The number of hydrogen-bond donors (Lipinski definition) is 0. The van der Waals surface area contributed by atoms with E-state index < -0.39 is 20.7 Å². The average Bonchev–Trinajstić information content (AvgIpc) is 3.01. The second-order valence-corrected chi connectivity index (χ2v) is 10.2. The molecule has 1 aromatic heterocycles. The molecule has 0 saturated heterocycles. The van der Waals surface area contributed by atoms with Crippen LogP contribution in [0.15, 0.2) is 52.4 Å². The Kier molecular flexibility index (Phi) is 6.20. The molecule has 29 heavy (non-hydrogen) atoms. The number of fused-ring (bicyclic) bond motifs is 1. The Bertz CT molecular complexity index is 1260. The smallest absolute Gasteiger partial charge is 0.279 e. The Labute approximate surface area is 175 Å². The van der Waals surface area contributed by atoms with Crippen molar-refractivity contribution in [2.45, 2.75) is 11.4 Å². The van der Waals surface area contributed by atoms with Crippen molar-refractivity contribution in [3.05, 3.63) is 62.9 Å². The Balaban J connectivity index is 2.07. The third kappa shape index (κ3) is 4.74. The highest BCUT2D eigenvalue weighted by molar-refractivity contribution is 7.98. The first-order valence-electron chi connectivity index (χ1n) is 8.36. The summed E-state index contributed by atoms with van der Waals surface area (Å²) in [4.78, 5) is 28.0. The highest BCUT2D eigenvalue weighted by Crippen LogP contribution is 2.23. The number of non-ortho nitro benzene ring substituents is 1. The van der Waals surface area contributed by atoms with E-state index in [0.29, 0.717) is 16.0 Å². The number of nitro benzene ring substituents is 1. The number of nitrogens with zero attached hydrogens (tertiary/aromatic N) is 3. The van der Waals surface area contributed by atoms with Crippen molar-refractivity contribution in [1.82, 2.24) is 4.57 Å². The van der Waals surface area contributed by atoms with Gasteiger partial charge in [-0.1, -0.05) is 11.3 Å². The number of sulfone groups is 1. The van der Waals surface area contributed by atoms with Crippen molar-refractivity contribution in [2.75, 3.05) is 18.3 Å². The molecule has 11 heteroatoms. The SMILES string of the molecule is CSCCn1c(=NC(=O)c2ccc(S(C)(=O)=O)cc2)sc2cc([N+](=O)[O-])ccc21. The first-order chi connectivity index (χ1) is 13.7. The van der Waals surface area contributed by atoms with Gasteiger partial charge in [0.25, 0.3) is 11.6 Å². The number of aromatic nitrogens is 1. The average molecular weight is 452 g/mol. The lowest BCUT2D eigenvalue weighted by molar-refractivity contribution is -0.384. The molecule has 0 aliphatic rings. The van der Waals surface area contributed by atoms with Crippen LogP contribution in [0.3, 0.4) is 0 Å². The topological polar surface area (TPSA) is 112 Å². The maximum atomic E-state index is 12.6. The fourth-order valence-electron chi connectivity index (χ4n) is 2.66. The van der Waals surface area contributed by atoms with Gasteiger partial charge in [-0.05, 0) is 36.6 Å². The van der Waals surface area contributed by atoms with E-state index in [-0.39, 0.29) is 16.1 Å². The van der Waals surface area contributed by atoms with E-state index in [9.17, 15) is 23.3 Å². The van der Waals surface area contributed by atoms with Crippen LogP contribution in [0, 0.1) is 10.1 Å². The summed E-state index contributed by atoms with van der Waals surface area (Å²) in [5, 5.41) is 11.0. The van der Waals surface area contributed by atoms with Gasteiger partial charge < -0.3 is 4.57 Å². The van der Waals surface area contributed by atoms with E-state index in [0.717, 1.165) is 17.5 Å². The van der Waals surface area contributed by atoms with Crippen LogP contribution in [0.2, 0.25) is 0 Å². The predicted molar refractivity (Wildman–Crippen MR) is 114 cm³/mol. The maximum Gasteiger partial charge on any atom is 0.279 e. The van der Waals surface area contributed by atoms with Crippen LogP contribution in [-0.2, 0) is 16.4 Å². The van der Waals surface area contributed by atoms with Gasteiger partial charge in [0.2, 0.25) is 0 Å². The molecule has 0 fully saturated rings. The summed E-state index contributed by atoms with van der Waals surface area (Å²) < 4.78 is 25.7. The van der Waals surface area contributed by atoms with Crippen LogP contribution < -0.4 is 4.80 Å². The van der Waals surface area contributed by atoms with E-state index in [1.165, 1.54) is 47.7 Å². The zero-order chi connectivity index (χ0) is 21.2. The number of hydrogen-bond acceptors (Lipinski definition) is 7. The number of carbonyl (C=O) groups excluding carboxylic acids is 1. The zero-order valence-electron chi connectivity index (χ0n) is 15.6. The Morgan fingerprint density at radius 1 is 1.24 bits per heavy atom. The third-order valence-corrected chi connectivity index (χ3v) is 6.88. The molecule has 3 rings (SSSR count). The minimum Gasteiger partial charge on any atom is -0.315 e. The van der Waals surface area contributed by atoms with Gasteiger partial charge in [0.15, 0.2) is 14.6 Å². The van der Waals surface area contributed by atoms with Crippen molar-refractivity contribution in [1.29, 1.82) is 0 Å². The summed E-state index contributed by atoms with van der Waals surface area (Å²) in [7, 11) is -3.35. The van der Waals surface area contributed by atoms with Crippen molar-refractivity contribution >= 4 is 54.7 Å². The van der Waals surface area contributed by atoms with Crippen LogP contribution >= 0.6 is 23.1 Å². The van der Waals surface area contributed by atoms with Crippen LogP contribution in [0.4, 0.5) is 5.69 Å². The van der Waals surface area contributed by atoms with E-state index in [2.05, 4.69) is 4.99 Å². The van der Waals surface area contributed by atoms with Gasteiger partial charge in [-0.2, -0.15) is 16.8 Å². The lowest BCUT2D eigenvalue weighted by Gasteiger charge is -2.04. The number of amides is 1. The van der Waals surface area contributed by atoms with E-state index in [1.54, 1.807) is 17.8 Å². The summed E-state index contributed by atoms with van der Waals surface area (Å²) in [6.45, 7) is 0.595. The second-order valence-electron chi connectivity index (χ2n) is 6.15. The van der Waals surface area contributed by atoms with Crippen LogP contribution in [0.5, 0.6) is 0 Å². The van der Waals surface area contributed by atoms with Crippen LogP contribution in [-0.4, -0.2) is 42.1 Å². The lowest BCUT2D eigenvalue weighted by Crippen LogP contribution is -2.18. The molecule has 0 bridgehead atoms. The Hall–Kier alpha value is -2.50. The first-order valence-corrected chi connectivity index (χ1v) is 12.5. The molecule has 0 unspecified atom stereocenters. The molecule has 1 heterocycles. The van der Waals surface area contributed by atoms with Crippen molar-refractivity contribution in [2.24, 2.45) is 4.99 Å². The number of rotatable bonds is 6. The molecule has 0 atom stereocenters. The molecule has 1 amide bonds. The first kappa shape index (κ1) is 21.2. The highest BCUT2D eigenvalue weighted by atomic mass is 32.2. The molecule has 0 aliphatic heterocycles. The monoisotopic (exact) mass is 451 g/mol. The molecule has 8 nitrogen and oxygen atoms in total. The van der Waals surface area contributed by atoms with Gasteiger partial charge in [-0.15, -0.1) is 0 Å². The van der Waals surface area contributed by atoms with E-state index >= 15 is 0 Å². The lowest BCUT2D eigenvalue weighted by atomic mass is 10.2. The minimum absolute atomic E-state index is 0.0231. The van der Waals surface area contributed by atoms with Crippen LogP contribution in [0.1, 0.15) is 10.4 Å². The molecule has 0 saturated carbocycles. The fraction of sp³-hybridized carbons (Fsp3) is 0.222. The molecule has 0 aliphatic carbocycles. The minimum atomic E-state index is -3.35. The number of thiazole rings is 1. The highest BCUT2D eigenvalue weighted by Gasteiger charge is 2.14. The van der Waals surface area contributed by atoms with Gasteiger partial charge in [-0.3, -0.25) is 14.9 Å². The normalized spacial score (nSPS) is 12.4. The number of thioether (sulfide) groups is 1. The van der Waals surface area contributed by atoms with Crippen molar-refractivity contribution in [3.63, 3.8) is 0 Å². The van der Waals surface area contributed by atoms with Crippen molar-refractivity contribution in [3.8, 4) is 0 Å². The molecule has 0 N–H and O–H groups in total. The maximum absolute atomic E-state index is 12.6. The van der Waals surface area contributed by atoms with Gasteiger partial charge in [0.1, 0.15) is 0 Å². The molecule has 2 aromatic carbocycles. The quantitative estimate of drug-likeness (QED) is 0.420. The Morgan fingerprint density at radius 3 is 2.52 bits per heavy atom. The van der Waals surface area contributed by atoms with Crippen molar-refractivity contribution < 1.29 is 18.1 Å². The fourth-order valence-corrected chi connectivity index (χ4v) is 4.74. The molecular formula is C18H17N3O5S3. The molecular weight excluding hydrogens is 434 g/mol. The molecule has 152 valence electrons. The van der Waals surface area contributed by atoms with Crippen LogP contribution in [0.25, 0.3) is 10.2 Å². The van der Waals surface area contributed by atoms with Gasteiger partial charge in [-0.25, -0.2) is 8.42 Å². The summed E-state index contributed by atoms with van der Waals surface area (Å²) in [6.07, 6.45) is 3.06. The van der Waals surface area contributed by atoms with E-state index in [1.807, 2.05) is 10.8 Å². The summed E-state index contributed by atoms with van der Waals surface area (Å²) in [6, 6.07) is 10.1. The summed E-state index contributed by atoms with van der Waals surface area (Å²) in [5.74, 6) is 0.275.